The number of rotatable bonds is 3. The highest BCUT2D eigenvalue weighted by atomic mass is 16.4. The van der Waals surface area contributed by atoms with Crippen LogP contribution in [0.15, 0.2) is 0 Å². The topological polar surface area (TPSA) is 94.0 Å². The number of aryl methyl sites for hydroxylation is 2. The van der Waals surface area contributed by atoms with Crippen molar-refractivity contribution in [2.75, 3.05) is 0 Å². The zero-order valence-electron chi connectivity index (χ0n) is 7.56. The summed E-state index contributed by atoms with van der Waals surface area (Å²) < 4.78 is 1.54. The van der Waals surface area contributed by atoms with Crippen molar-refractivity contribution in [3.8, 4) is 0 Å². The van der Waals surface area contributed by atoms with E-state index in [1.54, 1.807) is 14.0 Å². The van der Waals surface area contributed by atoms with E-state index in [4.69, 9.17) is 10.8 Å². The number of hydrogen-bond donors (Lipinski definition) is 2. The van der Waals surface area contributed by atoms with E-state index in [1.165, 1.54) is 4.68 Å². The number of hydrogen-bond acceptors (Lipinski definition) is 4. The molecule has 0 saturated heterocycles. The van der Waals surface area contributed by atoms with Gasteiger partial charge < -0.3 is 10.8 Å². The van der Waals surface area contributed by atoms with Gasteiger partial charge in [0.15, 0.2) is 0 Å². The highest BCUT2D eigenvalue weighted by molar-refractivity contribution is 5.73. The maximum atomic E-state index is 10.4. The molecule has 0 amide bonds. The van der Waals surface area contributed by atoms with Crippen molar-refractivity contribution in [2.24, 2.45) is 12.8 Å². The van der Waals surface area contributed by atoms with Gasteiger partial charge in [0.2, 0.25) is 0 Å². The minimum absolute atomic E-state index is 0.201. The van der Waals surface area contributed by atoms with Gasteiger partial charge >= 0.3 is 5.97 Å². The summed E-state index contributed by atoms with van der Waals surface area (Å²) in [5.41, 5.74) is 5.35. The fourth-order valence-electron chi connectivity index (χ4n) is 1.02. The number of nitrogens with zero attached hydrogens (tertiary/aromatic N) is 3. The zero-order chi connectivity index (χ0) is 10.0. The van der Waals surface area contributed by atoms with E-state index in [-0.39, 0.29) is 6.42 Å². The molecule has 13 heavy (non-hydrogen) atoms. The highest BCUT2D eigenvalue weighted by Gasteiger charge is 2.15. The van der Waals surface area contributed by atoms with E-state index >= 15 is 0 Å². The van der Waals surface area contributed by atoms with Gasteiger partial charge in [0.25, 0.3) is 0 Å². The molecule has 1 atom stereocenters. The Balaban J connectivity index is 2.74. The van der Waals surface area contributed by atoms with E-state index in [0.29, 0.717) is 11.6 Å². The van der Waals surface area contributed by atoms with Crippen molar-refractivity contribution < 1.29 is 9.90 Å². The molecule has 0 aromatic carbocycles. The number of nitrogens with two attached hydrogens (primary N) is 1. The van der Waals surface area contributed by atoms with Gasteiger partial charge in [-0.15, -0.1) is 0 Å². The molecule has 0 radical (unpaired) electrons. The summed E-state index contributed by atoms with van der Waals surface area (Å²) >= 11 is 0. The number of carboxylic acids is 1. The normalized spacial score (nSPS) is 12.8. The molecule has 6 heteroatoms. The molecule has 1 aromatic rings. The van der Waals surface area contributed by atoms with Crippen LogP contribution in [0.3, 0.4) is 0 Å². The lowest BCUT2D eigenvalue weighted by Gasteiger charge is -2.04. The predicted octanol–water partition coefficient (Wildman–Crippen LogP) is -0.922. The molecule has 3 N–H and O–H groups in total. The number of carbonyl (C=O) groups is 1. The fraction of sp³-hybridized carbons (Fsp3) is 0.571. The summed E-state index contributed by atoms with van der Waals surface area (Å²) in [5.74, 6) is 0.183. The summed E-state index contributed by atoms with van der Waals surface area (Å²) in [6, 6.07) is -0.915. The van der Waals surface area contributed by atoms with Crippen LogP contribution in [-0.2, 0) is 18.3 Å². The minimum atomic E-state index is -1.03. The van der Waals surface area contributed by atoms with Crippen molar-refractivity contribution in [1.82, 2.24) is 14.8 Å². The molecule has 0 bridgehead atoms. The Hall–Kier alpha value is -1.43. The van der Waals surface area contributed by atoms with Crippen LogP contribution >= 0.6 is 0 Å². The third-order valence-corrected chi connectivity index (χ3v) is 1.68. The van der Waals surface area contributed by atoms with Gasteiger partial charge in [-0.05, 0) is 6.92 Å². The average molecular weight is 184 g/mol. The van der Waals surface area contributed by atoms with E-state index in [2.05, 4.69) is 10.1 Å². The van der Waals surface area contributed by atoms with Gasteiger partial charge in [0.05, 0.1) is 0 Å². The molecule has 6 nitrogen and oxygen atoms in total. The number of carboxylic acid groups (broad SMARTS) is 1. The highest BCUT2D eigenvalue weighted by Crippen LogP contribution is 1.98. The average Bonchev–Trinajstić information content (AvgIpc) is 2.30. The Morgan fingerprint density at radius 3 is 2.77 bits per heavy atom. The Labute approximate surface area is 75.4 Å². The van der Waals surface area contributed by atoms with Gasteiger partial charge in [-0.3, -0.25) is 9.48 Å². The smallest absolute Gasteiger partial charge is 0.320 e. The number of aliphatic carboxylic acids is 1. The second kappa shape index (κ2) is 3.53. The molecule has 1 heterocycles. The van der Waals surface area contributed by atoms with Gasteiger partial charge in [0, 0.05) is 13.5 Å². The van der Waals surface area contributed by atoms with E-state index in [0.717, 1.165) is 0 Å². The van der Waals surface area contributed by atoms with Gasteiger partial charge in [-0.1, -0.05) is 0 Å². The first-order valence-corrected chi connectivity index (χ1v) is 3.85. The molecule has 1 aromatic heterocycles. The third kappa shape index (κ3) is 2.25. The van der Waals surface area contributed by atoms with Crippen molar-refractivity contribution in [3.63, 3.8) is 0 Å². The van der Waals surface area contributed by atoms with Crippen LogP contribution in [0, 0.1) is 6.92 Å². The first-order chi connectivity index (χ1) is 6.00. The summed E-state index contributed by atoms with van der Waals surface area (Å²) in [6.07, 6.45) is 0.201. The standard InChI is InChI=1S/C7H12N4O2/c1-4-9-6(11(2)10-4)3-5(8)7(12)13/h5H,3,8H2,1-2H3,(H,12,13)/t5-/m1/s1. The Bertz CT molecular complexity index is 320. The van der Waals surface area contributed by atoms with Crippen molar-refractivity contribution in [1.29, 1.82) is 0 Å². The molecule has 0 spiro atoms. The molecule has 72 valence electrons. The molecule has 0 aliphatic heterocycles. The maximum absolute atomic E-state index is 10.4. The van der Waals surface area contributed by atoms with Crippen LogP contribution in [0.5, 0.6) is 0 Å². The summed E-state index contributed by atoms with van der Waals surface area (Å²) in [5, 5.41) is 12.5. The van der Waals surface area contributed by atoms with Gasteiger partial charge in [-0.2, -0.15) is 5.10 Å². The monoisotopic (exact) mass is 184 g/mol. The molecular formula is C7H12N4O2. The quantitative estimate of drug-likeness (QED) is 0.633. The van der Waals surface area contributed by atoms with Crippen LogP contribution in [0.4, 0.5) is 0 Å². The summed E-state index contributed by atoms with van der Waals surface area (Å²) in [6.45, 7) is 1.75. The van der Waals surface area contributed by atoms with Crippen molar-refractivity contribution in [2.45, 2.75) is 19.4 Å². The lowest BCUT2D eigenvalue weighted by molar-refractivity contribution is -0.138. The maximum Gasteiger partial charge on any atom is 0.320 e. The molecule has 0 aliphatic rings. The molecule has 0 fully saturated rings. The third-order valence-electron chi connectivity index (χ3n) is 1.68. The zero-order valence-corrected chi connectivity index (χ0v) is 7.56. The number of aromatic nitrogens is 3. The predicted molar refractivity (Wildman–Crippen MR) is 45.1 cm³/mol. The summed E-state index contributed by atoms with van der Waals surface area (Å²) in [4.78, 5) is 14.5. The lowest BCUT2D eigenvalue weighted by atomic mass is 10.2. The molecule has 0 unspecified atom stereocenters. The van der Waals surface area contributed by atoms with Gasteiger partial charge in [-0.25, -0.2) is 4.98 Å². The van der Waals surface area contributed by atoms with Crippen LogP contribution in [-0.4, -0.2) is 31.9 Å². The fourth-order valence-corrected chi connectivity index (χ4v) is 1.02. The van der Waals surface area contributed by atoms with Crippen molar-refractivity contribution in [3.05, 3.63) is 11.6 Å². The van der Waals surface area contributed by atoms with Gasteiger partial charge in [0.1, 0.15) is 17.7 Å². The second-order valence-corrected chi connectivity index (χ2v) is 2.85. The SMILES string of the molecule is Cc1nc(C[C@@H](N)C(=O)O)n(C)n1. The molecule has 0 aliphatic carbocycles. The lowest BCUT2D eigenvalue weighted by Crippen LogP contribution is -2.33. The van der Waals surface area contributed by atoms with E-state index in [9.17, 15) is 4.79 Å². The Kier molecular flexibility index (Phi) is 2.62. The molecule has 0 saturated carbocycles. The molecule has 1 rings (SSSR count). The van der Waals surface area contributed by atoms with Crippen LogP contribution < -0.4 is 5.73 Å². The first kappa shape index (κ1) is 9.66. The van der Waals surface area contributed by atoms with E-state index < -0.39 is 12.0 Å². The first-order valence-electron chi connectivity index (χ1n) is 3.85. The second-order valence-electron chi connectivity index (χ2n) is 2.85. The van der Waals surface area contributed by atoms with Crippen molar-refractivity contribution >= 4 is 5.97 Å². The largest absolute Gasteiger partial charge is 0.480 e. The summed E-state index contributed by atoms with van der Waals surface area (Å²) in [7, 11) is 1.71. The van der Waals surface area contributed by atoms with E-state index in [1.807, 2.05) is 0 Å². The van der Waals surface area contributed by atoms with Crippen LogP contribution in [0.1, 0.15) is 11.6 Å². The Morgan fingerprint density at radius 2 is 2.38 bits per heavy atom. The Morgan fingerprint density at radius 1 is 1.77 bits per heavy atom. The van der Waals surface area contributed by atoms with Crippen LogP contribution in [0.2, 0.25) is 0 Å². The minimum Gasteiger partial charge on any atom is -0.480 e. The molecular weight excluding hydrogens is 172 g/mol. The van der Waals surface area contributed by atoms with Crippen LogP contribution in [0.25, 0.3) is 0 Å².